The minimum Gasteiger partial charge on any atom is -0.478 e. The Labute approximate surface area is 162 Å². The van der Waals surface area contributed by atoms with E-state index in [1.54, 1.807) is 19.1 Å². The van der Waals surface area contributed by atoms with Crippen molar-refractivity contribution < 1.29 is 27.9 Å². The number of carbonyl (C=O) groups excluding carboxylic acids is 1. The minimum atomic E-state index is -3.73. The first-order chi connectivity index (χ1) is 13.3. The summed E-state index contributed by atoms with van der Waals surface area (Å²) in [4.78, 5) is 23.5. The van der Waals surface area contributed by atoms with Crippen LogP contribution >= 0.6 is 0 Å². The molecule has 0 aromatic heterocycles. The maximum absolute atomic E-state index is 12.9. The Balaban J connectivity index is 1.83. The number of carboxylic acid groups (broad SMARTS) is 1. The number of hydrogen-bond acceptors (Lipinski definition) is 5. The van der Waals surface area contributed by atoms with Gasteiger partial charge in [0.2, 0.25) is 10.0 Å². The summed E-state index contributed by atoms with van der Waals surface area (Å²) in [7, 11) is -3.73. The molecule has 0 aliphatic carbocycles. The smallest absolute Gasteiger partial charge is 0.335 e. The third-order valence-corrected chi connectivity index (χ3v) is 6.47. The maximum atomic E-state index is 12.9. The number of aryl methyl sites for hydroxylation is 1. The second kappa shape index (κ2) is 8.09. The van der Waals surface area contributed by atoms with Crippen molar-refractivity contribution in [2.75, 3.05) is 31.6 Å². The van der Waals surface area contributed by atoms with E-state index in [0.29, 0.717) is 24.5 Å². The lowest BCUT2D eigenvalue weighted by molar-refractivity contribution is 0.0696. The van der Waals surface area contributed by atoms with Gasteiger partial charge in [-0.1, -0.05) is 6.07 Å². The molecule has 2 aromatic rings. The number of rotatable bonds is 5. The third-order valence-electron chi connectivity index (χ3n) is 4.43. The van der Waals surface area contributed by atoms with E-state index < -0.39 is 21.9 Å². The van der Waals surface area contributed by atoms with Crippen molar-refractivity contribution in [3.63, 3.8) is 0 Å². The average Bonchev–Trinajstić information content (AvgIpc) is 2.69. The van der Waals surface area contributed by atoms with Gasteiger partial charge in [0.1, 0.15) is 0 Å². The molecule has 0 bridgehead atoms. The molecular formula is C19H20N2O6S. The van der Waals surface area contributed by atoms with Gasteiger partial charge in [-0.05, 0) is 48.9 Å². The summed E-state index contributed by atoms with van der Waals surface area (Å²) in [6.07, 6.45) is 0. The number of carbonyl (C=O) groups is 2. The van der Waals surface area contributed by atoms with Crippen molar-refractivity contribution >= 4 is 27.6 Å². The number of hydrogen-bond donors (Lipinski definition) is 2. The number of sulfonamides is 1. The fourth-order valence-electron chi connectivity index (χ4n) is 2.84. The topological polar surface area (TPSA) is 113 Å². The van der Waals surface area contributed by atoms with E-state index in [-0.39, 0.29) is 29.1 Å². The molecule has 0 spiro atoms. The number of anilines is 1. The number of benzene rings is 2. The monoisotopic (exact) mass is 404 g/mol. The lowest BCUT2D eigenvalue weighted by Gasteiger charge is -2.26. The molecule has 0 radical (unpaired) electrons. The van der Waals surface area contributed by atoms with E-state index in [1.807, 2.05) is 0 Å². The second-order valence-corrected chi connectivity index (χ2v) is 8.24. The molecule has 1 aliphatic rings. The van der Waals surface area contributed by atoms with Crippen molar-refractivity contribution in [1.29, 1.82) is 0 Å². The Kier molecular flexibility index (Phi) is 5.78. The molecule has 3 rings (SSSR count). The molecule has 2 aromatic carbocycles. The lowest BCUT2D eigenvalue weighted by atomic mass is 10.1. The van der Waals surface area contributed by atoms with Gasteiger partial charge in [-0.3, -0.25) is 4.79 Å². The average molecular weight is 404 g/mol. The summed E-state index contributed by atoms with van der Waals surface area (Å²) in [5.41, 5.74) is 1.26. The zero-order chi connectivity index (χ0) is 20.3. The van der Waals surface area contributed by atoms with Crippen LogP contribution in [0.2, 0.25) is 0 Å². The molecule has 2 N–H and O–H groups in total. The number of morpholine rings is 1. The Morgan fingerprint density at radius 1 is 1.04 bits per heavy atom. The molecular weight excluding hydrogens is 384 g/mol. The van der Waals surface area contributed by atoms with E-state index in [9.17, 15) is 18.0 Å². The molecule has 0 unspecified atom stereocenters. The fourth-order valence-corrected chi connectivity index (χ4v) is 4.50. The number of carboxylic acids is 1. The predicted molar refractivity (Wildman–Crippen MR) is 102 cm³/mol. The molecule has 1 saturated heterocycles. The van der Waals surface area contributed by atoms with Gasteiger partial charge < -0.3 is 15.2 Å². The van der Waals surface area contributed by atoms with Crippen LogP contribution in [0.15, 0.2) is 47.4 Å². The van der Waals surface area contributed by atoms with Crippen molar-refractivity contribution in [3.8, 4) is 0 Å². The molecule has 1 heterocycles. The van der Waals surface area contributed by atoms with Crippen molar-refractivity contribution in [2.24, 2.45) is 0 Å². The summed E-state index contributed by atoms with van der Waals surface area (Å²) in [5.74, 6) is -1.55. The van der Waals surface area contributed by atoms with Crippen LogP contribution in [-0.4, -0.2) is 56.0 Å². The van der Waals surface area contributed by atoms with Gasteiger partial charge in [0.15, 0.2) is 0 Å². The van der Waals surface area contributed by atoms with Crippen LogP contribution in [0.3, 0.4) is 0 Å². The normalized spacial score (nSPS) is 15.2. The highest BCUT2D eigenvalue weighted by molar-refractivity contribution is 7.89. The molecule has 0 saturated carbocycles. The summed E-state index contributed by atoms with van der Waals surface area (Å²) in [5, 5.41) is 11.6. The van der Waals surface area contributed by atoms with Crippen LogP contribution in [0.4, 0.5) is 5.69 Å². The number of nitrogens with zero attached hydrogens (tertiary/aromatic N) is 1. The summed E-state index contributed by atoms with van der Waals surface area (Å²) in [6.45, 7) is 2.90. The highest BCUT2D eigenvalue weighted by atomic mass is 32.2. The summed E-state index contributed by atoms with van der Waals surface area (Å²) >= 11 is 0. The molecule has 9 heteroatoms. The van der Waals surface area contributed by atoms with Crippen molar-refractivity contribution in [1.82, 2.24) is 4.31 Å². The maximum Gasteiger partial charge on any atom is 0.335 e. The van der Waals surface area contributed by atoms with E-state index >= 15 is 0 Å². The summed E-state index contributed by atoms with van der Waals surface area (Å²) < 4.78 is 32.4. The van der Waals surface area contributed by atoms with Crippen LogP contribution in [0, 0.1) is 6.92 Å². The number of nitrogens with one attached hydrogen (secondary N) is 1. The highest BCUT2D eigenvalue weighted by Gasteiger charge is 2.28. The molecule has 1 aliphatic heterocycles. The van der Waals surface area contributed by atoms with E-state index in [1.165, 1.54) is 34.6 Å². The molecule has 1 fully saturated rings. The van der Waals surface area contributed by atoms with Crippen LogP contribution in [0.1, 0.15) is 26.3 Å². The number of ether oxygens (including phenoxy) is 1. The Morgan fingerprint density at radius 2 is 1.64 bits per heavy atom. The van der Waals surface area contributed by atoms with Crippen LogP contribution in [0.25, 0.3) is 0 Å². The predicted octanol–water partition coefficient (Wildman–Crippen LogP) is 1.97. The summed E-state index contributed by atoms with van der Waals surface area (Å²) in [6, 6.07) is 10.2. The molecule has 148 valence electrons. The third kappa shape index (κ3) is 4.22. The standard InChI is InChI=1S/C19H20N2O6S/c1-13-2-3-15(12-17(13)28(25,26)21-8-10-27-11-9-21)18(22)20-16-6-4-14(5-7-16)19(23)24/h2-7,12H,8-11H2,1H3,(H,20,22)(H,23,24). The van der Waals surface area contributed by atoms with Crippen LogP contribution in [-0.2, 0) is 14.8 Å². The van der Waals surface area contributed by atoms with Gasteiger partial charge in [0.25, 0.3) is 5.91 Å². The van der Waals surface area contributed by atoms with Crippen molar-refractivity contribution in [3.05, 3.63) is 59.2 Å². The van der Waals surface area contributed by atoms with E-state index in [0.717, 1.165) is 0 Å². The fraction of sp³-hybridized carbons (Fsp3) is 0.263. The van der Waals surface area contributed by atoms with Gasteiger partial charge in [-0.15, -0.1) is 0 Å². The van der Waals surface area contributed by atoms with Gasteiger partial charge in [0, 0.05) is 24.3 Å². The van der Waals surface area contributed by atoms with E-state index in [4.69, 9.17) is 9.84 Å². The highest BCUT2D eigenvalue weighted by Crippen LogP contribution is 2.23. The zero-order valence-corrected chi connectivity index (χ0v) is 16.0. The van der Waals surface area contributed by atoms with Crippen molar-refractivity contribution in [2.45, 2.75) is 11.8 Å². The largest absolute Gasteiger partial charge is 0.478 e. The van der Waals surface area contributed by atoms with Crippen LogP contribution in [0.5, 0.6) is 0 Å². The van der Waals surface area contributed by atoms with Gasteiger partial charge in [-0.25, -0.2) is 13.2 Å². The second-order valence-electron chi connectivity index (χ2n) is 6.33. The first kappa shape index (κ1) is 20.0. The number of amides is 1. The first-order valence-electron chi connectivity index (χ1n) is 8.62. The molecule has 8 nitrogen and oxygen atoms in total. The lowest BCUT2D eigenvalue weighted by Crippen LogP contribution is -2.40. The zero-order valence-electron chi connectivity index (χ0n) is 15.2. The molecule has 28 heavy (non-hydrogen) atoms. The van der Waals surface area contributed by atoms with E-state index in [2.05, 4.69) is 5.32 Å². The van der Waals surface area contributed by atoms with Gasteiger partial charge >= 0.3 is 5.97 Å². The first-order valence-corrected chi connectivity index (χ1v) is 10.1. The Hall–Kier alpha value is -2.75. The Bertz CT molecular complexity index is 996. The quantitative estimate of drug-likeness (QED) is 0.788. The minimum absolute atomic E-state index is 0.0864. The number of aromatic carboxylic acids is 1. The van der Waals surface area contributed by atoms with Gasteiger partial charge in [-0.2, -0.15) is 4.31 Å². The van der Waals surface area contributed by atoms with Gasteiger partial charge in [0.05, 0.1) is 23.7 Å². The molecule has 0 atom stereocenters. The SMILES string of the molecule is Cc1ccc(C(=O)Nc2ccc(C(=O)O)cc2)cc1S(=O)(=O)N1CCOCC1. The molecule has 1 amide bonds. The Morgan fingerprint density at radius 3 is 2.25 bits per heavy atom. The van der Waals surface area contributed by atoms with Crippen LogP contribution < -0.4 is 5.32 Å².